The molecule has 0 bridgehead atoms. The van der Waals surface area contributed by atoms with E-state index < -0.39 is 0 Å². The van der Waals surface area contributed by atoms with Crippen molar-refractivity contribution in [3.63, 3.8) is 0 Å². The predicted molar refractivity (Wildman–Crippen MR) is 155 cm³/mol. The van der Waals surface area contributed by atoms with Gasteiger partial charge in [-0.3, -0.25) is 14.4 Å². The first-order valence-corrected chi connectivity index (χ1v) is 13.4. The summed E-state index contributed by atoms with van der Waals surface area (Å²) < 4.78 is 10.7. The lowest BCUT2D eigenvalue weighted by Gasteiger charge is -2.19. The van der Waals surface area contributed by atoms with Crippen LogP contribution < -0.4 is 15.0 Å². The average Bonchev–Trinajstić information content (AvgIpc) is 2.92. The first-order chi connectivity index (χ1) is 18.7. The summed E-state index contributed by atoms with van der Waals surface area (Å²) in [7, 11) is 1.76. The number of amides is 2. The van der Waals surface area contributed by atoms with Gasteiger partial charge in [0.15, 0.2) is 0 Å². The maximum absolute atomic E-state index is 13.2. The molecule has 2 amide bonds. The van der Waals surface area contributed by atoms with Gasteiger partial charge in [-0.05, 0) is 86.2 Å². The van der Waals surface area contributed by atoms with Gasteiger partial charge in [-0.2, -0.15) is 0 Å². The van der Waals surface area contributed by atoms with Crippen LogP contribution in [0.3, 0.4) is 0 Å². The zero-order chi connectivity index (χ0) is 28.4. The lowest BCUT2D eigenvalue weighted by atomic mass is 10.0. The number of para-hydroxylation sites is 1. The molecule has 1 N–H and O–H groups in total. The Morgan fingerprint density at radius 3 is 2.36 bits per heavy atom. The van der Waals surface area contributed by atoms with E-state index in [0.29, 0.717) is 41.5 Å². The highest BCUT2D eigenvalue weighted by Gasteiger charge is 2.17. The normalized spacial score (nSPS) is 10.7. The summed E-state index contributed by atoms with van der Waals surface area (Å²) in [6, 6.07) is 20.2. The van der Waals surface area contributed by atoms with Crippen LogP contribution in [0.15, 0.2) is 66.7 Å². The number of nitrogens with zero attached hydrogens (tertiary/aromatic N) is 1. The summed E-state index contributed by atoms with van der Waals surface area (Å²) in [6.45, 7) is 8.61. The van der Waals surface area contributed by atoms with Gasteiger partial charge in [0, 0.05) is 30.4 Å². The van der Waals surface area contributed by atoms with Crippen LogP contribution >= 0.6 is 0 Å². The highest BCUT2D eigenvalue weighted by atomic mass is 16.5. The molecule has 0 aliphatic rings. The lowest BCUT2D eigenvalue weighted by molar-refractivity contribution is -0.143. The van der Waals surface area contributed by atoms with E-state index in [1.165, 1.54) is 5.56 Å². The minimum absolute atomic E-state index is 0.130. The van der Waals surface area contributed by atoms with Gasteiger partial charge in [-0.1, -0.05) is 38.1 Å². The molecule has 3 rings (SSSR count). The number of ether oxygens (including phenoxy) is 2. The molecule has 0 aliphatic carbocycles. The smallest absolute Gasteiger partial charge is 0.305 e. The van der Waals surface area contributed by atoms with E-state index in [9.17, 15) is 14.4 Å². The number of rotatable bonds is 12. The van der Waals surface area contributed by atoms with E-state index in [-0.39, 0.29) is 30.8 Å². The molecule has 0 saturated heterocycles. The molecule has 0 aromatic heterocycles. The Labute approximate surface area is 231 Å². The van der Waals surface area contributed by atoms with Crippen LogP contribution in [-0.2, 0) is 16.0 Å². The number of aryl methyl sites for hydroxylation is 1. The minimum atomic E-state index is -0.322. The summed E-state index contributed by atoms with van der Waals surface area (Å²) in [6.07, 6.45) is 1.74. The largest absolute Gasteiger partial charge is 0.493 e. The molecule has 0 fully saturated rings. The number of carbonyl (C=O) groups excluding carboxylic acids is 3. The van der Waals surface area contributed by atoms with Crippen molar-refractivity contribution in [1.82, 2.24) is 0 Å². The van der Waals surface area contributed by atoms with E-state index in [4.69, 9.17) is 9.47 Å². The first kappa shape index (κ1) is 29.4. The molecule has 39 heavy (non-hydrogen) atoms. The van der Waals surface area contributed by atoms with Crippen molar-refractivity contribution >= 4 is 29.2 Å². The number of nitrogens with one attached hydrogen (secondary N) is 1. The van der Waals surface area contributed by atoms with Crippen LogP contribution in [0.5, 0.6) is 5.75 Å². The Bertz CT molecular complexity index is 1280. The molecule has 3 aromatic rings. The van der Waals surface area contributed by atoms with Crippen LogP contribution in [-0.4, -0.2) is 38.0 Å². The summed E-state index contributed by atoms with van der Waals surface area (Å²) in [4.78, 5) is 39.4. The van der Waals surface area contributed by atoms with Crippen LogP contribution in [0, 0.1) is 12.8 Å². The van der Waals surface area contributed by atoms with Crippen molar-refractivity contribution in [2.75, 3.05) is 30.5 Å². The molecule has 0 radical (unpaired) electrons. The van der Waals surface area contributed by atoms with Gasteiger partial charge < -0.3 is 19.7 Å². The molecule has 0 saturated carbocycles. The molecule has 7 nitrogen and oxygen atoms in total. The average molecular weight is 531 g/mol. The van der Waals surface area contributed by atoms with E-state index in [2.05, 4.69) is 31.3 Å². The molecular weight excluding hydrogens is 492 g/mol. The lowest BCUT2D eigenvalue weighted by Crippen LogP contribution is -2.26. The third kappa shape index (κ3) is 8.43. The molecule has 206 valence electrons. The van der Waals surface area contributed by atoms with Gasteiger partial charge in [0.1, 0.15) is 5.75 Å². The monoisotopic (exact) mass is 530 g/mol. The number of benzene rings is 3. The third-order valence-electron chi connectivity index (χ3n) is 6.21. The Kier molecular flexibility index (Phi) is 10.7. The van der Waals surface area contributed by atoms with Crippen molar-refractivity contribution in [3.05, 3.63) is 89.0 Å². The number of hydrogen-bond donors (Lipinski definition) is 1. The van der Waals surface area contributed by atoms with Crippen LogP contribution in [0.1, 0.15) is 65.5 Å². The molecule has 0 spiro atoms. The van der Waals surface area contributed by atoms with Gasteiger partial charge in [-0.15, -0.1) is 0 Å². The van der Waals surface area contributed by atoms with Crippen LogP contribution in [0.2, 0.25) is 0 Å². The second-order valence-electron chi connectivity index (χ2n) is 9.87. The van der Waals surface area contributed by atoms with E-state index >= 15 is 0 Å². The van der Waals surface area contributed by atoms with Gasteiger partial charge in [0.2, 0.25) is 0 Å². The maximum Gasteiger partial charge on any atom is 0.305 e. The Morgan fingerprint density at radius 1 is 0.974 bits per heavy atom. The summed E-state index contributed by atoms with van der Waals surface area (Å²) >= 11 is 0. The molecule has 0 unspecified atom stereocenters. The Morgan fingerprint density at radius 2 is 1.69 bits per heavy atom. The molecule has 0 heterocycles. The number of anilines is 2. The third-order valence-corrected chi connectivity index (χ3v) is 6.21. The molecule has 3 aromatic carbocycles. The summed E-state index contributed by atoms with van der Waals surface area (Å²) in [5.41, 5.74) is 4.35. The second-order valence-corrected chi connectivity index (χ2v) is 9.87. The standard InChI is InChI=1S/C32H38N2O5/c1-6-38-30(35)12-9-19-39-29-11-8-7-10-27(29)31(36)33-28-18-15-25(21-23(28)4)32(37)34(5)26-16-13-24(14-17-26)20-22(2)3/h7-8,10-11,13-18,21-22H,6,9,12,19-20H2,1-5H3,(H,33,36). The molecule has 7 heteroatoms. The van der Waals surface area contributed by atoms with Gasteiger partial charge >= 0.3 is 5.97 Å². The number of hydrogen-bond acceptors (Lipinski definition) is 5. The quantitative estimate of drug-likeness (QED) is 0.215. The summed E-state index contributed by atoms with van der Waals surface area (Å²) in [5.74, 6) is 0.284. The Balaban J connectivity index is 1.64. The van der Waals surface area contributed by atoms with E-state index in [1.54, 1.807) is 61.3 Å². The fourth-order valence-corrected chi connectivity index (χ4v) is 4.18. The number of carbonyl (C=O) groups is 3. The Hall–Kier alpha value is -4.13. The van der Waals surface area contributed by atoms with Crippen LogP contribution in [0.25, 0.3) is 0 Å². The zero-order valence-electron chi connectivity index (χ0n) is 23.5. The SMILES string of the molecule is CCOC(=O)CCCOc1ccccc1C(=O)Nc1ccc(C(=O)N(C)c2ccc(CC(C)C)cc2)cc1C. The van der Waals surface area contributed by atoms with Gasteiger partial charge in [0.25, 0.3) is 11.8 Å². The summed E-state index contributed by atoms with van der Waals surface area (Å²) in [5, 5.41) is 2.92. The van der Waals surface area contributed by atoms with Crippen LogP contribution in [0.4, 0.5) is 11.4 Å². The molecule has 0 aliphatic heterocycles. The topological polar surface area (TPSA) is 84.9 Å². The van der Waals surface area contributed by atoms with Crippen molar-refractivity contribution in [2.45, 2.75) is 47.0 Å². The number of esters is 1. The van der Waals surface area contributed by atoms with Crippen molar-refractivity contribution in [1.29, 1.82) is 0 Å². The van der Waals surface area contributed by atoms with Gasteiger partial charge in [0.05, 0.1) is 18.8 Å². The van der Waals surface area contributed by atoms with Gasteiger partial charge in [-0.25, -0.2) is 0 Å². The van der Waals surface area contributed by atoms with E-state index in [1.807, 2.05) is 19.1 Å². The van der Waals surface area contributed by atoms with E-state index in [0.717, 1.165) is 17.7 Å². The highest BCUT2D eigenvalue weighted by molar-refractivity contribution is 6.08. The molecular formula is C32H38N2O5. The fraction of sp³-hybridized carbons (Fsp3) is 0.344. The second kappa shape index (κ2) is 14.1. The van der Waals surface area contributed by atoms with Crippen molar-refractivity contribution in [2.24, 2.45) is 5.92 Å². The highest BCUT2D eigenvalue weighted by Crippen LogP contribution is 2.24. The zero-order valence-corrected chi connectivity index (χ0v) is 23.5. The van der Waals surface area contributed by atoms with Crippen molar-refractivity contribution in [3.8, 4) is 5.75 Å². The minimum Gasteiger partial charge on any atom is -0.493 e. The predicted octanol–water partition coefficient (Wildman–Crippen LogP) is 6.44. The first-order valence-electron chi connectivity index (χ1n) is 13.4. The maximum atomic E-state index is 13.2. The molecule has 0 atom stereocenters. The fourth-order valence-electron chi connectivity index (χ4n) is 4.18. The van der Waals surface area contributed by atoms with Crippen molar-refractivity contribution < 1.29 is 23.9 Å².